The smallest absolute Gasteiger partial charge is 0.411 e. The van der Waals surface area contributed by atoms with Crippen LogP contribution in [0.25, 0.3) is 5.70 Å². The lowest BCUT2D eigenvalue weighted by atomic mass is 10.1. The lowest BCUT2D eigenvalue weighted by Gasteiger charge is -2.06. The van der Waals surface area contributed by atoms with Crippen LogP contribution in [0.1, 0.15) is 11.1 Å². The Labute approximate surface area is 82.4 Å². The van der Waals surface area contributed by atoms with Gasteiger partial charge in [-0.2, -0.15) is 0 Å². The van der Waals surface area contributed by atoms with Crippen LogP contribution in [0, 0.1) is 0 Å². The van der Waals surface area contributed by atoms with Gasteiger partial charge in [0.05, 0.1) is 7.11 Å². The summed E-state index contributed by atoms with van der Waals surface area (Å²) in [4.78, 5) is 11.0. The molecule has 0 spiro atoms. The van der Waals surface area contributed by atoms with Crippen LogP contribution >= 0.6 is 0 Å². The molecule has 1 aromatic rings. The van der Waals surface area contributed by atoms with Crippen molar-refractivity contribution in [2.75, 3.05) is 7.11 Å². The zero-order valence-electron chi connectivity index (χ0n) is 7.91. The number of carbonyl (C=O) groups excluding carboxylic acids is 1. The molecule has 72 valence electrons. The van der Waals surface area contributed by atoms with E-state index in [0.717, 1.165) is 17.7 Å². The molecular weight excluding hydrogens is 178 g/mol. The average molecular weight is 189 g/mol. The number of amides is 1. The van der Waals surface area contributed by atoms with Crippen LogP contribution in [-0.2, 0) is 11.2 Å². The highest BCUT2D eigenvalue weighted by molar-refractivity contribution is 5.84. The van der Waals surface area contributed by atoms with Gasteiger partial charge in [-0.1, -0.05) is 30.3 Å². The fourth-order valence-electron chi connectivity index (χ4n) is 1.56. The molecule has 1 amide bonds. The van der Waals surface area contributed by atoms with Gasteiger partial charge in [-0.05, 0) is 12.0 Å². The highest BCUT2D eigenvalue weighted by atomic mass is 16.5. The summed E-state index contributed by atoms with van der Waals surface area (Å²) >= 11 is 0. The summed E-state index contributed by atoms with van der Waals surface area (Å²) in [5.41, 5.74) is 3.16. The van der Waals surface area contributed by atoms with E-state index < -0.39 is 6.09 Å². The summed E-state index contributed by atoms with van der Waals surface area (Å²) in [5.74, 6) is 0. The monoisotopic (exact) mass is 189 g/mol. The van der Waals surface area contributed by atoms with E-state index in [1.54, 1.807) is 0 Å². The van der Waals surface area contributed by atoms with Gasteiger partial charge in [-0.25, -0.2) is 4.79 Å². The molecule has 3 heteroatoms. The van der Waals surface area contributed by atoms with E-state index in [0.29, 0.717) is 0 Å². The van der Waals surface area contributed by atoms with Gasteiger partial charge in [0.15, 0.2) is 0 Å². The first-order valence-electron chi connectivity index (χ1n) is 4.44. The van der Waals surface area contributed by atoms with Crippen molar-refractivity contribution >= 4 is 11.8 Å². The number of hydrogen-bond acceptors (Lipinski definition) is 2. The summed E-state index contributed by atoms with van der Waals surface area (Å²) in [5, 5.41) is 2.68. The van der Waals surface area contributed by atoms with E-state index in [4.69, 9.17) is 0 Å². The summed E-state index contributed by atoms with van der Waals surface area (Å²) < 4.78 is 4.54. The Morgan fingerprint density at radius 1 is 1.43 bits per heavy atom. The number of ether oxygens (including phenoxy) is 1. The van der Waals surface area contributed by atoms with Crippen molar-refractivity contribution < 1.29 is 9.53 Å². The van der Waals surface area contributed by atoms with Gasteiger partial charge in [-0.3, -0.25) is 5.32 Å². The summed E-state index contributed by atoms with van der Waals surface area (Å²) in [6.45, 7) is 0. The van der Waals surface area contributed by atoms with Gasteiger partial charge in [-0.15, -0.1) is 0 Å². The number of nitrogens with one attached hydrogen (secondary N) is 1. The Morgan fingerprint density at radius 3 is 3.00 bits per heavy atom. The van der Waals surface area contributed by atoms with Gasteiger partial charge >= 0.3 is 6.09 Å². The predicted molar refractivity (Wildman–Crippen MR) is 53.7 cm³/mol. The molecule has 0 saturated carbocycles. The van der Waals surface area contributed by atoms with Crippen LogP contribution in [0.4, 0.5) is 4.79 Å². The number of carbonyl (C=O) groups is 1. The van der Waals surface area contributed by atoms with Gasteiger partial charge in [0.2, 0.25) is 0 Å². The number of allylic oxidation sites excluding steroid dienone is 1. The lowest BCUT2D eigenvalue weighted by molar-refractivity contribution is 0.176. The van der Waals surface area contributed by atoms with Crippen LogP contribution in [0.2, 0.25) is 0 Å². The number of rotatable bonds is 1. The zero-order valence-corrected chi connectivity index (χ0v) is 7.91. The second-order valence-corrected chi connectivity index (χ2v) is 3.10. The SMILES string of the molecule is COC(=O)NC1=CCc2ccccc21. The van der Waals surface area contributed by atoms with Crippen LogP contribution in [-0.4, -0.2) is 13.2 Å². The zero-order chi connectivity index (χ0) is 9.97. The minimum atomic E-state index is -0.423. The van der Waals surface area contributed by atoms with E-state index >= 15 is 0 Å². The predicted octanol–water partition coefficient (Wildman–Crippen LogP) is 1.94. The number of alkyl carbamates (subject to hydrolysis) is 1. The molecule has 0 bridgehead atoms. The maximum Gasteiger partial charge on any atom is 0.411 e. The largest absolute Gasteiger partial charge is 0.453 e. The van der Waals surface area contributed by atoms with E-state index in [2.05, 4.69) is 16.1 Å². The number of hydrogen-bond donors (Lipinski definition) is 1. The molecule has 0 radical (unpaired) electrons. The molecular formula is C11H11NO2. The highest BCUT2D eigenvalue weighted by Crippen LogP contribution is 2.24. The fraction of sp³-hybridized carbons (Fsp3) is 0.182. The van der Waals surface area contributed by atoms with Crippen LogP contribution in [0.15, 0.2) is 30.3 Å². The summed E-state index contributed by atoms with van der Waals surface area (Å²) in [7, 11) is 1.36. The minimum absolute atomic E-state index is 0.423. The third-order valence-corrected chi connectivity index (χ3v) is 2.26. The first-order chi connectivity index (χ1) is 6.81. The van der Waals surface area contributed by atoms with Crippen molar-refractivity contribution in [3.05, 3.63) is 41.5 Å². The van der Waals surface area contributed by atoms with Crippen molar-refractivity contribution in [3.8, 4) is 0 Å². The average Bonchev–Trinajstić information content (AvgIpc) is 2.62. The Morgan fingerprint density at radius 2 is 2.21 bits per heavy atom. The number of benzene rings is 1. The van der Waals surface area contributed by atoms with Gasteiger partial charge in [0, 0.05) is 11.3 Å². The Hall–Kier alpha value is -1.77. The molecule has 1 aliphatic carbocycles. The van der Waals surface area contributed by atoms with Crippen molar-refractivity contribution in [2.24, 2.45) is 0 Å². The van der Waals surface area contributed by atoms with Gasteiger partial charge < -0.3 is 4.74 Å². The Bertz CT molecular complexity index is 396. The van der Waals surface area contributed by atoms with Crippen molar-refractivity contribution in [1.29, 1.82) is 0 Å². The van der Waals surface area contributed by atoms with Crippen molar-refractivity contribution in [3.63, 3.8) is 0 Å². The second kappa shape index (κ2) is 3.54. The fourth-order valence-corrected chi connectivity index (χ4v) is 1.56. The highest BCUT2D eigenvalue weighted by Gasteiger charge is 2.14. The second-order valence-electron chi connectivity index (χ2n) is 3.10. The molecule has 2 rings (SSSR count). The minimum Gasteiger partial charge on any atom is -0.453 e. The van der Waals surface area contributed by atoms with E-state index in [-0.39, 0.29) is 0 Å². The van der Waals surface area contributed by atoms with Crippen LogP contribution < -0.4 is 5.32 Å². The lowest BCUT2D eigenvalue weighted by Crippen LogP contribution is -2.20. The van der Waals surface area contributed by atoms with Crippen molar-refractivity contribution in [2.45, 2.75) is 6.42 Å². The number of methoxy groups -OCH3 is 1. The molecule has 0 unspecified atom stereocenters. The van der Waals surface area contributed by atoms with E-state index in [1.165, 1.54) is 12.7 Å². The van der Waals surface area contributed by atoms with Crippen LogP contribution in [0.5, 0.6) is 0 Å². The third-order valence-electron chi connectivity index (χ3n) is 2.26. The van der Waals surface area contributed by atoms with Gasteiger partial charge in [0.25, 0.3) is 0 Å². The maximum atomic E-state index is 11.0. The molecule has 0 aliphatic heterocycles. The normalized spacial score (nSPS) is 13.1. The molecule has 1 aliphatic rings. The van der Waals surface area contributed by atoms with E-state index in [1.807, 2.05) is 24.3 Å². The van der Waals surface area contributed by atoms with Gasteiger partial charge in [0.1, 0.15) is 0 Å². The Kier molecular flexibility index (Phi) is 2.23. The third kappa shape index (κ3) is 1.48. The first kappa shape index (κ1) is 8.81. The molecule has 1 N–H and O–H groups in total. The quantitative estimate of drug-likeness (QED) is 0.733. The molecule has 14 heavy (non-hydrogen) atoms. The molecule has 0 aromatic heterocycles. The maximum absolute atomic E-state index is 11.0. The number of fused-ring (bicyclic) bond motifs is 1. The first-order valence-corrected chi connectivity index (χ1v) is 4.44. The molecule has 3 nitrogen and oxygen atoms in total. The molecule has 0 saturated heterocycles. The molecule has 0 heterocycles. The van der Waals surface area contributed by atoms with Crippen molar-refractivity contribution in [1.82, 2.24) is 5.32 Å². The molecule has 0 atom stereocenters. The van der Waals surface area contributed by atoms with E-state index in [9.17, 15) is 4.79 Å². The standard InChI is InChI=1S/C11H11NO2/c1-14-11(13)12-10-7-6-8-4-2-3-5-9(8)10/h2-5,7H,6H2,1H3,(H,12,13). The summed E-state index contributed by atoms with van der Waals surface area (Å²) in [6.07, 6.45) is 2.44. The topological polar surface area (TPSA) is 38.3 Å². The molecule has 1 aromatic carbocycles. The Balaban J connectivity index is 2.21. The molecule has 0 fully saturated rings. The van der Waals surface area contributed by atoms with Crippen LogP contribution in [0.3, 0.4) is 0 Å². The summed E-state index contributed by atoms with van der Waals surface area (Å²) in [6, 6.07) is 7.99.